The highest BCUT2D eigenvalue weighted by Gasteiger charge is 2.03. The van der Waals surface area contributed by atoms with Gasteiger partial charge in [-0.15, -0.1) is 0 Å². The molecule has 0 saturated heterocycles. The van der Waals surface area contributed by atoms with E-state index < -0.39 is 0 Å². The molecular weight excluding hydrogens is 244 g/mol. The quantitative estimate of drug-likeness (QED) is 0.691. The third-order valence-corrected chi connectivity index (χ3v) is 2.56. The first-order chi connectivity index (χ1) is 9.31. The van der Waals surface area contributed by atoms with E-state index in [4.69, 9.17) is 19.5 Å². The van der Waals surface area contributed by atoms with Gasteiger partial charge in [-0.3, -0.25) is 0 Å². The van der Waals surface area contributed by atoms with Crippen molar-refractivity contribution in [3.05, 3.63) is 23.8 Å². The molecule has 0 atom stereocenters. The predicted octanol–water partition coefficient (Wildman–Crippen LogP) is 2.03. The lowest BCUT2D eigenvalue weighted by molar-refractivity contribution is 0.0705. The first kappa shape index (κ1) is 15.3. The molecule has 0 heterocycles. The Hall–Kier alpha value is -1.77. The number of nitriles is 1. The van der Waals surface area contributed by atoms with Gasteiger partial charge in [0.2, 0.25) is 0 Å². The van der Waals surface area contributed by atoms with Gasteiger partial charge in [-0.25, -0.2) is 0 Å². The van der Waals surface area contributed by atoms with Crippen molar-refractivity contribution in [3.8, 4) is 11.8 Å². The number of hydrogen-bond donors (Lipinski definition) is 1. The lowest BCUT2D eigenvalue weighted by Gasteiger charge is -2.10. The summed E-state index contributed by atoms with van der Waals surface area (Å²) in [7, 11) is 3.26. The summed E-state index contributed by atoms with van der Waals surface area (Å²) in [5.41, 5.74) is 1.40. The fraction of sp³-hybridized carbons (Fsp3) is 0.500. The zero-order valence-corrected chi connectivity index (χ0v) is 11.4. The molecule has 0 aromatic heterocycles. The van der Waals surface area contributed by atoms with Crippen molar-refractivity contribution in [2.45, 2.75) is 6.42 Å². The second-order valence-electron chi connectivity index (χ2n) is 3.91. The molecule has 0 bridgehead atoms. The largest absolute Gasteiger partial charge is 0.497 e. The van der Waals surface area contributed by atoms with Crippen LogP contribution in [0.2, 0.25) is 0 Å². The van der Waals surface area contributed by atoms with Crippen LogP contribution in [0.1, 0.15) is 12.0 Å². The van der Waals surface area contributed by atoms with Gasteiger partial charge in [-0.2, -0.15) is 5.26 Å². The Kier molecular flexibility index (Phi) is 7.40. The Morgan fingerprint density at radius 2 is 2.05 bits per heavy atom. The number of hydrogen-bond acceptors (Lipinski definition) is 5. The third-order valence-electron chi connectivity index (χ3n) is 2.56. The van der Waals surface area contributed by atoms with E-state index in [-0.39, 0.29) is 0 Å². The van der Waals surface area contributed by atoms with Crippen LogP contribution in [0.25, 0.3) is 0 Å². The van der Waals surface area contributed by atoms with Crippen LogP contribution in [0.15, 0.2) is 18.2 Å². The number of methoxy groups -OCH3 is 2. The third kappa shape index (κ3) is 5.60. The summed E-state index contributed by atoms with van der Waals surface area (Å²) in [4.78, 5) is 0. The van der Waals surface area contributed by atoms with E-state index in [0.29, 0.717) is 25.4 Å². The molecule has 0 unspecified atom stereocenters. The Balaban J connectivity index is 2.34. The monoisotopic (exact) mass is 264 g/mol. The Morgan fingerprint density at radius 1 is 1.21 bits per heavy atom. The summed E-state index contributed by atoms with van der Waals surface area (Å²) >= 11 is 0. The molecule has 0 radical (unpaired) electrons. The van der Waals surface area contributed by atoms with Crippen LogP contribution >= 0.6 is 0 Å². The van der Waals surface area contributed by atoms with Crippen LogP contribution in [0.5, 0.6) is 5.75 Å². The highest BCUT2D eigenvalue weighted by Crippen LogP contribution is 2.21. The molecule has 19 heavy (non-hydrogen) atoms. The standard InChI is InChI=1S/C14H20N2O3/c1-17-8-9-19-7-3-6-16-14-10-13(18-2)5-4-12(14)11-15/h4-5,10,16H,3,6-9H2,1-2H3. The predicted molar refractivity (Wildman–Crippen MR) is 73.5 cm³/mol. The maximum absolute atomic E-state index is 9.01. The maximum Gasteiger partial charge on any atom is 0.121 e. The number of nitrogens with one attached hydrogen (secondary N) is 1. The van der Waals surface area contributed by atoms with Crippen molar-refractivity contribution in [3.63, 3.8) is 0 Å². The lowest BCUT2D eigenvalue weighted by atomic mass is 10.2. The van der Waals surface area contributed by atoms with Gasteiger partial charge < -0.3 is 19.5 Å². The van der Waals surface area contributed by atoms with Crippen molar-refractivity contribution in [1.82, 2.24) is 0 Å². The molecule has 1 aromatic carbocycles. The van der Waals surface area contributed by atoms with E-state index in [2.05, 4.69) is 11.4 Å². The van der Waals surface area contributed by atoms with Crippen LogP contribution in [0.4, 0.5) is 5.69 Å². The molecule has 104 valence electrons. The fourth-order valence-corrected chi connectivity index (χ4v) is 1.54. The molecule has 1 aromatic rings. The topological polar surface area (TPSA) is 63.5 Å². The van der Waals surface area contributed by atoms with Gasteiger partial charge in [0.1, 0.15) is 11.8 Å². The van der Waals surface area contributed by atoms with Crippen LogP contribution in [-0.2, 0) is 9.47 Å². The van der Waals surface area contributed by atoms with Crippen molar-refractivity contribution < 1.29 is 14.2 Å². The normalized spacial score (nSPS) is 9.95. The average molecular weight is 264 g/mol. The molecule has 1 N–H and O–H groups in total. The number of benzene rings is 1. The summed E-state index contributed by atoms with van der Waals surface area (Å²) in [6.07, 6.45) is 0.867. The molecule has 1 rings (SSSR count). The molecule has 0 fully saturated rings. The number of anilines is 1. The van der Waals surface area contributed by atoms with Gasteiger partial charge in [0.05, 0.1) is 31.6 Å². The van der Waals surface area contributed by atoms with E-state index in [1.165, 1.54) is 0 Å². The summed E-state index contributed by atoms with van der Waals surface area (Å²) in [6.45, 7) is 2.64. The minimum Gasteiger partial charge on any atom is -0.497 e. The zero-order chi connectivity index (χ0) is 13.9. The lowest BCUT2D eigenvalue weighted by Crippen LogP contribution is -2.09. The van der Waals surface area contributed by atoms with E-state index >= 15 is 0 Å². The zero-order valence-electron chi connectivity index (χ0n) is 11.4. The number of nitrogens with zero attached hydrogens (tertiary/aromatic N) is 1. The van der Waals surface area contributed by atoms with Crippen molar-refractivity contribution >= 4 is 5.69 Å². The van der Waals surface area contributed by atoms with Gasteiger partial charge in [-0.05, 0) is 18.6 Å². The number of ether oxygens (including phenoxy) is 3. The smallest absolute Gasteiger partial charge is 0.121 e. The van der Waals surface area contributed by atoms with Crippen LogP contribution < -0.4 is 10.1 Å². The molecule has 0 aliphatic rings. The van der Waals surface area contributed by atoms with E-state index in [0.717, 1.165) is 24.4 Å². The Labute approximate surface area is 114 Å². The summed E-state index contributed by atoms with van der Waals surface area (Å²) < 4.78 is 15.4. The van der Waals surface area contributed by atoms with Gasteiger partial charge in [0, 0.05) is 26.3 Å². The Bertz CT molecular complexity index is 416. The molecule has 0 amide bonds. The summed E-state index contributed by atoms with van der Waals surface area (Å²) in [5, 5.41) is 12.2. The second kappa shape index (κ2) is 9.20. The van der Waals surface area contributed by atoms with Crippen molar-refractivity contribution in [1.29, 1.82) is 5.26 Å². The van der Waals surface area contributed by atoms with Crippen molar-refractivity contribution in [2.75, 3.05) is 45.9 Å². The number of rotatable bonds is 9. The van der Waals surface area contributed by atoms with Gasteiger partial charge in [0.25, 0.3) is 0 Å². The second-order valence-corrected chi connectivity index (χ2v) is 3.91. The molecule has 0 aliphatic carbocycles. The molecular formula is C14H20N2O3. The van der Waals surface area contributed by atoms with Gasteiger partial charge in [0.15, 0.2) is 0 Å². The van der Waals surface area contributed by atoms with E-state index in [1.54, 1.807) is 26.4 Å². The van der Waals surface area contributed by atoms with Gasteiger partial charge in [-0.1, -0.05) is 0 Å². The minimum atomic E-state index is 0.610. The average Bonchev–Trinajstić information content (AvgIpc) is 2.46. The first-order valence-corrected chi connectivity index (χ1v) is 6.20. The fourth-order valence-electron chi connectivity index (χ4n) is 1.54. The van der Waals surface area contributed by atoms with Crippen molar-refractivity contribution in [2.24, 2.45) is 0 Å². The molecule has 0 aliphatic heterocycles. The minimum absolute atomic E-state index is 0.610. The summed E-state index contributed by atoms with van der Waals surface area (Å²) in [5.74, 6) is 0.734. The maximum atomic E-state index is 9.01. The van der Waals surface area contributed by atoms with Crippen LogP contribution in [0, 0.1) is 11.3 Å². The van der Waals surface area contributed by atoms with E-state index in [1.807, 2.05) is 6.07 Å². The molecule has 5 nitrogen and oxygen atoms in total. The Morgan fingerprint density at radius 3 is 2.74 bits per heavy atom. The molecule has 0 spiro atoms. The highest BCUT2D eigenvalue weighted by atomic mass is 16.5. The van der Waals surface area contributed by atoms with E-state index in [9.17, 15) is 0 Å². The first-order valence-electron chi connectivity index (χ1n) is 6.20. The van der Waals surface area contributed by atoms with Crippen LogP contribution in [0.3, 0.4) is 0 Å². The molecule has 5 heteroatoms. The summed E-state index contributed by atoms with van der Waals surface area (Å²) in [6, 6.07) is 7.50. The SMILES string of the molecule is COCCOCCCNc1cc(OC)ccc1C#N. The van der Waals surface area contributed by atoms with Crippen LogP contribution in [-0.4, -0.2) is 40.6 Å². The van der Waals surface area contributed by atoms with Gasteiger partial charge >= 0.3 is 0 Å². The highest BCUT2D eigenvalue weighted by molar-refractivity contribution is 5.60. The molecule has 0 saturated carbocycles.